The van der Waals surface area contributed by atoms with E-state index in [9.17, 15) is 0 Å². The summed E-state index contributed by atoms with van der Waals surface area (Å²) in [6.07, 6.45) is 3.24. The minimum atomic E-state index is -1.34. The third-order valence-corrected chi connectivity index (χ3v) is 15.0. The predicted octanol–water partition coefficient (Wildman–Crippen LogP) is 16.5. The van der Waals surface area contributed by atoms with Crippen LogP contribution in [0.1, 0.15) is 45.7 Å². The molecule has 0 bridgehead atoms. The van der Waals surface area contributed by atoms with Crippen molar-refractivity contribution >= 4 is 57.0 Å². The summed E-state index contributed by atoms with van der Waals surface area (Å²) in [5.74, 6) is 1.46. The van der Waals surface area contributed by atoms with Crippen LogP contribution in [0.3, 0.4) is 0 Å². The Labute approximate surface area is 421 Å². The third kappa shape index (κ3) is 9.42. The molecule has 0 aliphatic carbocycles. The van der Waals surface area contributed by atoms with Crippen LogP contribution in [0.2, 0.25) is 19.6 Å². The fourth-order valence-corrected chi connectivity index (χ4v) is 11.1. The van der Waals surface area contributed by atoms with Gasteiger partial charge in [-0.25, -0.2) is 0 Å². The second-order valence-electron chi connectivity index (χ2n) is 20.4. The number of para-hydroxylation sites is 1. The zero-order chi connectivity index (χ0) is 47.2. The topological polar surface area (TPSA) is 43.9 Å². The van der Waals surface area contributed by atoms with Gasteiger partial charge in [0, 0.05) is 48.2 Å². The average molecular weight is 1090 g/mol. The Hall–Kier alpha value is -6.69. The van der Waals surface area contributed by atoms with Crippen molar-refractivity contribution in [3.63, 3.8) is 0 Å². The molecule has 0 N–H and O–H groups in total. The number of furan rings is 1. The fraction of sp³-hybridized carbons (Fsp3) is 0.175. The molecule has 0 unspecified atom stereocenters. The molecule has 11 aromatic rings. The van der Waals surface area contributed by atoms with Gasteiger partial charge in [-0.3, -0.25) is 4.98 Å². The summed E-state index contributed by atoms with van der Waals surface area (Å²) >= 11 is 0. The molecule has 11 rings (SSSR count). The largest absolute Gasteiger partial charge is 0.501 e. The monoisotopic (exact) mass is 1090 g/mol. The van der Waals surface area contributed by atoms with E-state index in [1.54, 1.807) is 0 Å². The van der Waals surface area contributed by atoms with Gasteiger partial charge in [-0.2, -0.15) is 0 Å². The Morgan fingerprint density at radius 2 is 1.29 bits per heavy atom. The van der Waals surface area contributed by atoms with E-state index >= 15 is 0 Å². The number of benzene rings is 8. The van der Waals surface area contributed by atoms with Crippen molar-refractivity contribution in [2.75, 3.05) is 0 Å². The smallest absolute Gasteiger partial charge is 0.120 e. The van der Waals surface area contributed by atoms with E-state index in [1.165, 1.54) is 16.3 Å². The summed E-state index contributed by atoms with van der Waals surface area (Å²) in [6.45, 7) is 18.6. The Balaban J connectivity index is 0.000000238. The van der Waals surface area contributed by atoms with Crippen LogP contribution in [0.4, 0.5) is 0 Å². The number of aromatic nitrogens is 3. The summed E-state index contributed by atoms with van der Waals surface area (Å²) in [4.78, 5) is 10.2. The van der Waals surface area contributed by atoms with Crippen LogP contribution < -0.4 is 5.19 Å². The van der Waals surface area contributed by atoms with Crippen molar-refractivity contribution in [1.82, 2.24) is 14.5 Å². The van der Waals surface area contributed by atoms with Crippen LogP contribution >= 0.6 is 0 Å². The standard InChI is InChI=1S/C45H33N2O.C18H24NSi.Ir/c1-45(2,3)32-27-37(29-15-6-4-7-16-29)42(38(28-32)30-17-8-5-9-18-30)47-39-26-25-31-19-10-11-20-33(31)41(39)46-44(47)36-23-14-22-35-34-21-12-13-24-40(34)48-43(35)36;1-14(2)11-16-12-17(15-9-7-6-8-10-15)19-13-18(16)20(3,4)5;/h4-22,24-28H,1-3H3;6-9,12-14H,11H2,1-5H3;/q2*-1;. The SMILES string of the molecule is CC(C)(C)c1cc(-c2ccccc2)c(-n2c(-c3[c-]ccc4c3oc3ccccc34)nc3c4ccccc4ccc32)c(-c2ccccc2)c1.CC(C)Cc1cc(-c2[c-]cccc2)ncc1[Si](C)(C)C.[Ir]. The molecule has 3 aromatic heterocycles. The molecule has 8 aromatic carbocycles. The van der Waals surface area contributed by atoms with Crippen LogP contribution in [0.5, 0.6) is 0 Å². The van der Waals surface area contributed by atoms with Crippen LogP contribution in [-0.2, 0) is 31.9 Å². The van der Waals surface area contributed by atoms with Gasteiger partial charge in [-0.1, -0.05) is 186 Å². The number of nitrogens with zero attached hydrogens (tertiary/aromatic N) is 3. The molecule has 0 aliphatic heterocycles. The van der Waals surface area contributed by atoms with E-state index < -0.39 is 8.07 Å². The van der Waals surface area contributed by atoms with Crippen LogP contribution in [-0.4, -0.2) is 22.6 Å². The van der Waals surface area contributed by atoms with E-state index in [-0.39, 0.29) is 25.5 Å². The van der Waals surface area contributed by atoms with Crippen molar-refractivity contribution < 1.29 is 24.5 Å². The number of pyridine rings is 1. The second kappa shape index (κ2) is 19.4. The molecule has 3 heterocycles. The summed E-state index contributed by atoms with van der Waals surface area (Å²) in [5, 5.41) is 5.89. The summed E-state index contributed by atoms with van der Waals surface area (Å²) in [5.41, 5.74) is 14.9. The van der Waals surface area contributed by atoms with Gasteiger partial charge in [-0.05, 0) is 75.0 Å². The van der Waals surface area contributed by atoms with Gasteiger partial charge in [0.2, 0.25) is 0 Å². The molecule has 6 heteroatoms. The molecule has 0 saturated heterocycles. The van der Waals surface area contributed by atoms with Gasteiger partial charge in [0.05, 0.1) is 36.2 Å². The molecular formula is C63H57IrN3OSi-2. The van der Waals surface area contributed by atoms with Crippen LogP contribution in [0.15, 0.2) is 187 Å². The van der Waals surface area contributed by atoms with E-state index in [1.807, 2.05) is 36.4 Å². The molecule has 0 saturated carbocycles. The Morgan fingerprint density at radius 1 is 0.652 bits per heavy atom. The number of hydrogen-bond donors (Lipinski definition) is 0. The molecule has 0 aliphatic rings. The summed E-state index contributed by atoms with van der Waals surface area (Å²) in [6, 6.07) is 68.7. The molecule has 1 radical (unpaired) electrons. The Bertz CT molecular complexity index is 3520. The van der Waals surface area contributed by atoms with Gasteiger partial charge in [0.15, 0.2) is 0 Å². The molecule has 0 amide bonds. The molecule has 0 fully saturated rings. The normalized spacial score (nSPS) is 11.8. The maximum absolute atomic E-state index is 6.62. The fourth-order valence-electron chi connectivity index (χ4n) is 9.53. The Kier molecular flexibility index (Phi) is 13.3. The van der Waals surface area contributed by atoms with Crippen molar-refractivity contribution in [2.24, 2.45) is 5.92 Å². The van der Waals surface area contributed by atoms with E-state index in [2.05, 4.69) is 222 Å². The maximum atomic E-state index is 6.62. The molecule has 0 atom stereocenters. The Morgan fingerprint density at radius 3 is 1.93 bits per heavy atom. The van der Waals surface area contributed by atoms with Gasteiger partial charge in [0.25, 0.3) is 0 Å². The van der Waals surface area contributed by atoms with Gasteiger partial charge >= 0.3 is 0 Å². The van der Waals surface area contributed by atoms with E-state index in [0.717, 1.165) is 101 Å². The van der Waals surface area contributed by atoms with E-state index in [0.29, 0.717) is 5.92 Å². The van der Waals surface area contributed by atoms with Gasteiger partial charge in [-0.15, -0.1) is 54.1 Å². The molecular weight excluding hydrogens is 1040 g/mol. The zero-order valence-electron chi connectivity index (χ0n) is 40.7. The van der Waals surface area contributed by atoms with Crippen molar-refractivity contribution in [3.05, 3.63) is 205 Å². The first-order valence-corrected chi connectivity index (χ1v) is 27.3. The predicted molar refractivity (Wildman–Crippen MR) is 290 cm³/mol. The van der Waals surface area contributed by atoms with Gasteiger partial charge in [0.1, 0.15) is 5.58 Å². The maximum Gasteiger partial charge on any atom is 0.120 e. The molecule has 0 spiro atoms. The third-order valence-electron chi connectivity index (χ3n) is 12.9. The minimum Gasteiger partial charge on any atom is -0.501 e. The van der Waals surface area contributed by atoms with Crippen molar-refractivity contribution in [2.45, 2.75) is 66.1 Å². The van der Waals surface area contributed by atoms with Crippen molar-refractivity contribution in [3.8, 4) is 50.6 Å². The first-order chi connectivity index (χ1) is 32.8. The number of fused-ring (bicyclic) bond motifs is 6. The van der Waals surface area contributed by atoms with Crippen molar-refractivity contribution in [1.29, 1.82) is 0 Å². The van der Waals surface area contributed by atoms with Gasteiger partial charge < -0.3 is 14.0 Å². The molecule has 69 heavy (non-hydrogen) atoms. The molecule has 345 valence electrons. The number of rotatable bonds is 8. The summed E-state index contributed by atoms with van der Waals surface area (Å²) < 4.78 is 8.98. The zero-order valence-corrected chi connectivity index (χ0v) is 44.1. The summed E-state index contributed by atoms with van der Waals surface area (Å²) in [7, 11) is -1.34. The average Bonchev–Trinajstić information content (AvgIpc) is 3.93. The quantitative estimate of drug-likeness (QED) is 0.112. The van der Waals surface area contributed by atoms with E-state index in [4.69, 9.17) is 9.40 Å². The minimum absolute atomic E-state index is 0. The van der Waals surface area contributed by atoms with Crippen LogP contribution in [0.25, 0.3) is 94.3 Å². The first kappa shape index (κ1) is 47.4. The van der Waals surface area contributed by atoms with Crippen LogP contribution in [0, 0.1) is 18.1 Å². The molecule has 4 nitrogen and oxygen atoms in total. The number of hydrogen-bond acceptors (Lipinski definition) is 3. The first-order valence-electron chi connectivity index (χ1n) is 23.8. The second-order valence-corrected chi connectivity index (χ2v) is 25.4. The number of imidazole rings is 1.